The van der Waals surface area contributed by atoms with Crippen molar-refractivity contribution in [1.82, 2.24) is 4.72 Å². The summed E-state index contributed by atoms with van der Waals surface area (Å²) in [5.74, 6) is 0.437. The summed E-state index contributed by atoms with van der Waals surface area (Å²) in [6, 6.07) is 11.8. The van der Waals surface area contributed by atoms with Crippen LogP contribution in [0.1, 0.15) is 24.1 Å². The number of hydrogen-bond donors (Lipinski definition) is 1. The Morgan fingerprint density at radius 1 is 1.14 bits per heavy atom. The molecule has 0 radical (unpaired) electrons. The van der Waals surface area contributed by atoms with Crippen molar-refractivity contribution in [2.24, 2.45) is 0 Å². The van der Waals surface area contributed by atoms with E-state index < -0.39 is 10.0 Å². The molecule has 0 aliphatic rings. The lowest BCUT2D eigenvalue weighted by Crippen LogP contribution is -2.26. The number of methoxy groups -OCH3 is 1. The number of rotatable bonds is 5. The Labute approximate surface area is 136 Å². The summed E-state index contributed by atoms with van der Waals surface area (Å²) < 4.78 is 32.5. The highest BCUT2D eigenvalue weighted by Gasteiger charge is 2.19. The summed E-state index contributed by atoms with van der Waals surface area (Å²) in [6.45, 7) is 3.78. The molecule has 0 saturated heterocycles. The van der Waals surface area contributed by atoms with Crippen LogP contribution in [0.2, 0.25) is 5.02 Å². The minimum absolute atomic E-state index is 0.109. The van der Waals surface area contributed by atoms with Gasteiger partial charge in [-0.05, 0) is 37.6 Å². The van der Waals surface area contributed by atoms with Gasteiger partial charge in [-0.2, -0.15) is 0 Å². The van der Waals surface area contributed by atoms with Crippen LogP contribution in [0, 0.1) is 6.92 Å². The van der Waals surface area contributed by atoms with Crippen LogP contribution in [0.5, 0.6) is 5.75 Å². The predicted molar refractivity (Wildman–Crippen MR) is 87.9 cm³/mol. The van der Waals surface area contributed by atoms with Crippen LogP contribution >= 0.6 is 11.6 Å². The molecule has 0 bridgehead atoms. The summed E-state index contributed by atoms with van der Waals surface area (Å²) in [5.41, 5.74) is 2.02. The maximum absolute atomic E-state index is 12.4. The van der Waals surface area contributed by atoms with E-state index in [4.69, 9.17) is 16.3 Å². The number of hydrogen-bond acceptors (Lipinski definition) is 3. The molecule has 2 rings (SSSR count). The van der Waals surface area contributed by atoms with E-state index in [2.05, 4.69) is 4.72 Å². The van der Waals surface area contributed by atoms with Gasteiger partial charge in [-0.25, -0.2) is 13.1 Å². The predicted octanol–water partition coefficient (Wildman–Crippen LogP) is 3.70. The maximum Gasteiger partial charge on any atom is 0.241 e. The van der Waals surface area contributed by atoms with Crippen LogP contribution in [-0.4, -0.2) is 15.5 Å². The zero-order valence-corrected chi connectivity index (χ0v) is 14.2. The van der Waals surface area contributed by atoms with Gasteiger partial charge in [0, 0.05) is 6.04 Å². The minimum atomic E-state index is -3.66. The summed E-state index contributed by atoms with van der Waals surface area (Å²) in [6.07, 6.45) is 0. The molecule has 0 unspecified atom stereocenters. The standard InChI is InChI=1S/C16H18ClNO3S/c1-11-4-6-13(7-5-11)12(2)18-22(19,20)14-8-9-16(21-3)15(17)10-14/h4-10,12,18H,1-3H3/t12-/m1/s1. The van der Waals surface area contributed by atoms with E-state index in [9.17, 15) is 8.42 Å². The van der Waals surface area contributed by atoms with Crippen LogP contribution < -0.4 is 9.46 Å². The van der Waals surface area contributed by atoms with Gasteiger partial charge in [0.1, 0.15) is 5.75 Å². The molecule has 118 valence electrons. The molecule has 0 spiro atoms. The molecule has 0 amide bonds. The normalized spacial score (nSPS) is 12.9. The third kappa shape index (κ3) is 3.80. The highest BCUT2D eigenvalue weighted by atomic mass is 35.5. The first kappa shape index (κ1) is 16.8. The van der Waals surface area contributed by atoms with Gasteiger partial charge in [0.05, 0.1) is 17.0 Å². The Hall–Kier alpha value is -1.56. The van der Waals surface area contributed by atoms with E-state index in [0.29, 0.717) is 5.75 Å². The average molecular weight is 340 g/mol. The quantitative estimate of drug-likeness (QED) is 0.903. The first-order valence-electron chi connectivity index (χ1n) is 6.76. The highest BCUT2D eigenvalue weighted by Crippen LogP contribution is 2.27. The average Bonchev–Trinajstić information content (AvgIpc) is 2.47. The molecule has 2 aromatic carbocycles. The number of benzene rings is 2. The molecule has 0 aliphatic heterocycles. The summed E-state index contributed by atoms with van der Waals surface area (Å²) in [7, 11) is -2.18. The van der Waals surface area contributed by atoms with E-state index in [1.54, 1.807) is 6.92 Å². The van der Waals surface area contributed by atoms with Crippen LogP contribution in [-0.2, 0) is 10.0 Å². The van der Waals surface area contributed by atoms with Gasteiger partial charge < -0.3 is 4.74 Å². The van der Waals surface area contributed by atoms with E-state index in [-0.39, 0.29) is 16.0 Å². The SMILES string of the molecule is COc1ccc(S(=O)(=O)N[C@H](C)c2ccc(C)cc2)cc1Cl. The lowest BCUT2D eigenvalue weighted by atomic mass is 10.1. The second-order valence-electron chi connectivity index (χ2n) is 5.05. The third-order valence-corrected chi connectivity index (χ3v) is 5.18. The number of sulfonamides is 1. The van der Waals surface area contributed by atoms with Crippen molar-refractivity contribution < 1.29 is 13.2 Å². The molecule has 0 aliphatic carbocycles. The molecular weight excluding hydrogens is 322 g/mol. The molecule has 2 aromatic rings. The van der Waals surface area contributed by atoms with Crippen molar-refractivity contribution in [3.63, 3.8) is 0 Å². The lowest BCUT2D eigenvalue weighted by molar-refractivity contribution is 0.414. The van der Waals surface area contributed by atoms with Gasteiger partial charge in [0.25, 0.3) is 0 Å². The van der Waals surface area contributed by atoms with E-state index in [1.807, 2.05) is 31.2 Å². The fourth-order valence-corrected chi connectivity index (χ4v) is 3.62. The smallest absolute Gasteiger partial charge is 0.241 e. The Bertz CT molecular complexity index is 757. The topological polar surface area (TPSA) is 55.4 Å². The monoisotopic (exact) mass is 339 g/mol. The third-order valence-electron chi connectivity index (χ3n) is 3.34. The van der Waals surface area contributed by atoms with Crippen molar-refractivity contribution in [3.8, 4) is 5.75 Å². The Morgan fingerprint density at radius 3 is 2.32 bits per heavy atom. The van der Waals surface area contributed by atoms with Crippen LogP contribution in [0.4, 0.5) is 0 Å². The molecule has 0 fully saturated rings. The molecule has 1 N–H and O–H groups in total. The molecule has 0 heterocycles. The first-order valence-corrected chi connectivity index (χ1v) is 8.62. The molecule has 0 aromatic heterocycles. The maximum atomic E-state index is 12.4. The second kappa shape index (κ2) is 6.69. The van der Waals surface area contributed by atoms with Crippen molar-refractivity contribution in [2.45, 2.75) is 24.8 Å². The zero-order chi connectivity index (χ0) is 16.3. The minimum Gasteiger partial charge on any atom is -0.495 e. The fraction of sp³-hybridized carbons (Fsp3) is 0.250. The fourth-order valence-electron chi connectivity index (χ4n) is 2.04. The molecular formula is C16H18ClNO3S. The van der Waals surface area contributed by atoms with Crippen molar-refractivity contribution in [3.05, 3.63) is 58.6 Å². The molecule has 6 heteroatoms. The van der Waals surface area contributed by atoms with Crippen LogP contribution in [0.15, 0.2) is 47.4 Å². The van der Waals surface area contributed by atoms with Gasteiger partial charge in [-0.3, -0.25) is 0 Å². The summed E-state index contributed by atoms with van der Waals surface area (Å²) in [5, 5.41) is 0.258. The molecule has 1 atom stereocenters. The first-order chi connectivity index (χ1) is 10.3. The number of ether oxygens (including phenoxy) is 1. The van der Waals surface area contributed by atoms with E-state index in [0.717, 1.165) is 11.1 Å². The zero-order valence-electron chi connectivity index (χ0n) is 12.6. The second-order valence-corrected chi connectivity index (χ2v) is 7.17. The largest absolute Gasteiger partial charge is 0.495 e. The van der Waals surface area contributed by atoms with Crippen LogP contribution in [0.25, 0.3) is 0 Å². The Balaban J connectivity index is 2.23. The Morgan fingerprint density at radius 2 is 1.77 bits per heavy atom. The van der Waals surface area contributed by atoms with E-state index in [1.165, 1.54) is 25.3 Å². The highest BCUT2D eigenvalue weighted by molar-refractivity contribution is 7.89. The van der Waals surface area contributed by atoms with Gasteiger partial charge in [-0.15, -0.1) is 0 Å². The number of halogens is 1. The van der Waals surface area contributed by atoms with Gasteiger partial charge in [0.15, 0.2) is 0 Å². The number of aryl methyl sites for hydroxylation is 1. The molecule has 0 saturated carbocycles. The van der Waals surface area contributed by atoms with Crippen molar-refractivity contribution in [1.29, 1.82) is 0 Å². The molecule has 4 nitrogen and oxygen atoms in total. The van der Waals surface area contributed by atoms with Gasteiger partial charge in [-0.1, -0.05) is 41.4 Å². The van der Waals surface area contributed by atoms with Crippen LogP contribution in [0.3, 0.4) is 0 Å². The molecule has 22 heavy (non-hydrogen) atoms. The van der Waals surface area contributed by atoms with Crippen molar-refractivity contribution >= 4 is 21.6 Å². The summed E-state index contributed by atoms with van der Waals surface area (Å²) in [4.78, 5) is 0.109. The van der Waals surface area contributed by atoms with Crippen molar-refractivity contribution in [2.75, 3.05) is 7.11 Å². The Kier molecular flexibility index (Phi) is 5.11. The number of nitrogens with one attached hydrogen (secondary N) is 1. The van der Waals surface area contributed by atoms with Gasteiger partial charge in [0.2, 0.25) is 10.0 Å². The summed E-state index contributed by atoms with van der Waals surface area (Å²) >= 11 is 5.99. The van der Waals surface area contributed by atoms with E-state index >= 15 is 0 Å². The van der Waals surface area contributed by atoms with Gasteiger partial charge >= 0.3 is 0 Å². The lowest BCUT2D eigenvalue weighted by Gasteiger charge is -2.15.